The lowest BCUT2D eigenvalue weighted by Crippen LogP contribution is -2.41. The van der Waals surface area contributed by atoms with Gasteiger partial charge in [-0.1, -0.05) is 12.1 Å². The number of hydrogen-bond acceptors (Lipinski definition) is 4. The summed E-state index contributed by atoms with van der Waals surface area (Å²) >= 11 is 0. The van der Waals surface area contributed by atoms with Crippen LogP contribution in [0.1, 0.15) is 44.9 Å². The SMILES string of the molecule is C[C@@H]([C@@H](NC(=O)OC(C)(C)C)c1ccc(C(F)(F)F)cc1)[N+](=O)[O-]. The Morgan fingerprint density at radius 1 is 1.21 bits per heavy atom. The Morgan fingerprint density at radius 3 is 2.08 bits per heavy atom. The molecule has 1 N–H and O–H groups in total. The number of rotatable bonds is 4. The molecule has 0 heterocycles. The minimum absolute atomic E-state index is 0.179. The van der Waals surface area contributed by atoms with Gasteiger partial charge in [0, 0.05) is 11.8 Å². The molecule has 1 aromatic carbocycles. The number of alkyl halides is 3. The molecule has 0 bridgehead atoms. The van der Waals surface area contributed by atoms with Gasteiger partial charge in [-0.3, -0.25) is 10.1 Å². The highest BCUT2D eigenvalue weighted by atomic mass is 19.4. The van der Waals surface area contributed by atoms with Crippen molar-refractivity contribution in [3.05, 3.63) is 45.5 Å². The van der Waals surface area contributed by atoms with Crippen molar-refractivity contribution in [3.8, 4) is 0 Å². The predicted molar refractivity (Wildman–Crippen MR) is 80.0 cm³/mol. The maximum atomic E-state index is 12.6. The van der Waals surface area contributed by atoms with Crippen LogP contribution in [-0.2, 0) is 10.9 Å². The van der Waals surface area contributed by atoms with Gasteiger partial charge in [0.25, 0.3) is 0 Å². The molecule has 6 nitrogen and oxygen atoms in total. The van der Waals surface area contributed by atoms with E-state index in [-0.39, 0.29) is 5.56 Å². The smallest absolute Gasteiger partial charge is 0.416 e. The van der Waals surface area contributed by atoms with Crippen LogP contribution in [-0.4, -0.2) is 22.7 Å². The molecule has 2 atom stereocenters. The first-order valence-corrected chi connectivity index (χ1v) is 7.11. The summed E-state index contributed by atoms with van der Waals surface area (Å²) in [5, 5.41) is 13.4. The van der Waals surface area contributed by atoms with Gasteiger partial charge < -0.3 is 10.1 Å². The number of carbonyl (C=O) groups excluding carboxylic acids is 1. The zero-order chi connectivity index (χ0) is 18.7. The highest BCUT2D eigenvalue weighted by molar-refractivity contribution is 5.68. The van der Waals surface area contributed by atoms with Crippen molar-refractivity contribution in [1.82, 2.24) is 5.32 Å². The number of halogens is 3. The monoisotopic (exact) mass is 348 g/mol. The van der Waals surface area contributed by atoms with Gasteiger partial charge in [0.2, 0.25) is 6.04 Å². The van der Waals surface area contributed by atoms with Crippen LogP contribution < -0.4 is 5.32 Å². The Morgan fingerprint density at radius 2 is 1.71 bits per heavy atom. The number of carbonyl (C=O) groups is 1. The quantitative estimate of drug-likeness (QED) is 0.660. The van der Waals surface area contributed by atoms with Crippen molar-refractivity contribution in [3.63, 3.8) is 0 Å². The second-order valence-electron chi connectivity index (χ2n) is 6.27. The van der Waals surface area contributed by atoms with Crippen LogP contribution in [0, 0.1) is 10.1 Å². The van der Waals surface area contributed by atoms with Crippen LogP contribution in [0.5, 0.6) is 0 Å². The predicted octanol–water partition coefficient (Wildman–Crippen LogP) is 3.94. The number of benzene rings is 1. The average Bonchev–Trinajstić information content (AvgIpc) is 2.41. The summed E-state index contributed by atoms with van der Waals surface area (Å²) in [4.78, 5) is 22.3. The van der Waals surface area contributed by atoms with Crippen molar-refractivity contribution < 1.29 is 27.6 Å². The molecule has 0 spiro atoms. The van der Waals surface area contributed by atoms with Crippen LogP contribution in [0.15, 0.2) is 24.3 Å². The number of amides is 1. The molecule has 0 aromatic heterocycles. The molecule has 0 aliphatic heterocycles. The van der Waals surface area contributed by atoms with Crippen molar-refractivity contribution in [1.29, 1.82) is 0 Å². The Balaban J connectivity index is 3.06. The molecule has 1 rings (SSSR count). The topological polar surface area (TPSA) is 81.5 Å². The number of ether oxygens (including phenoxy) is 1. The average molecular weight is 348 g/mol. The zero-order valence-electron chi connectivity index (χ0n) is 13.7. The third kappa shape index (κ3) is 5.71. The number of nitrogens with zero attached hydrogens (tertiary/aromatic N) is 1. The summed E-state index contributed by atoms with van der Waals surface area (Å²) in [5.41, 5.74) is -1.51. The molecule has 0 saturated carbocycles. The van der Waals surface area contributed by atoms with Crippen molar-refractivity contribution in [2.24, 2.45) is 0 Å². The van der Waals surface area contributed by atoms with Gasteiger partial charge >= 0.3 is 12.3 Å². The second kappa shape index (κ2) is 7.06. The first-order valence-electron chi connectivity index (χ1n) is 7.11. The van der Waals surface area contributed by atoms with Crippen LogP contribution in [0.3, 0.4) is 0 Å². The van der Waals surface area contributed by atoms with E-state index in [1.165, 1.54) is 6.92 Å². The summed E-state index contributed by atoms with van der Waals surface area (Å²) in [7, 11) is 0. The highest BCUT2D eigenvalue weighted by Gasteiger charge is 2.33. The number of hydrogen-bond donors (Lipinski definition) is 1. The summed E-state index contributed by atoms with van der Waals surface area (Å²) in [6, 6.07) is 1.44. The molecule has 0 saturated heterocycles. The second-order valence-corrected chi connectivity index (χ2v) is 6.27. The van der Waals surface area contributed by atoms with E-state index in [4.69, 9.17) is 4.74 Å². The van der Waals surface area contributed by atoms with Gasteiger partial charge in [0.05, 0.1) is 5.56 Å². The largest absolute Gasteiger partial charge is 0.444 e. The molecular weight excluding hydrogens is 329 g/mol. The fraction of sp³-hybridized carbons (Fsp3) is 0.533. The van der Waals surface area contributed by atoms with E-state index < -0.39 is 40.4 Å². The molecule has 0 aliphatic carbocycles. The van der Waals surface area contributed by atoms with Gasteiger partial charge in [-0.05, 0) is 38.5 Å². The van der Waals surface area contributed by atoms with Gasteiger partial charge in [-0.15, -0.1) is 0 Å². The van der Waals surface area contributed by atoms with E-state index in [0.717, 1.165) is 24.3 Å². The molecular formula is C15H19F3N2O4. The minimum Gasteiger partial charge on any atom is -0.444 e. The molecule has 0 fully saturated rings. The number of nitrogens with one attached hydrogen (secondary N) is 1. The van der Waals surface area contributed by atoms with Crippen molar-refractivity contribution in [2.45, 2.75) is 51.6 Å². The van der Waals surface area contributed by atoms with Crippen molar-refractivity contribution >= 4 is 6.09 Å². The maximum absolute atomic E-state index is 12.6. The Kier molecular flexibility index (Phi) is 5.80. The number of alkyl carbamates (subject to hydrolysis) is 1. The first kappa shape index (κ1) is 19.7. The summed E-state index contributed by atoms with van der Waals surface area (Å²) in [6.07, 6.45) is -5.40. The lowest BCUT2D eigenvalue weighted by Gasteiger charge is -2.24. The Hall–Kier alpha value is -2.32. The maximum Gasteiger partial charge on any atom is 0.416 e. The molecule has 0 radical (unpaired) electrons. The number of nitro groups is 1. The highest BCUT2D eigenvalue weighted by Crippen LogP contribution is 2.30. The summed E-state index contributed by atoms with van der Waals surface area (Å²) < 4.78 is 42.9. The molecule has 9 heteroatoms. The fourth-order valence-corrected chi connectivity index (χ4v) is 1.92. The molecule has 24 heavy (non-hydrogen) atoms. The Bertz CT molecular complexity index is 594. The van der Waals surface area contributed by atoms with Crippen LogP contribution in [0.2, 0.25) is 0 Å². The van der Waals surface area contributed by atoms with Crippen LogP contribution in [0.25, 0.3) is 0 Å². The third-order valence-corrected chi connectivity index (χ3v) is 3.08. The molecule has 0 aliphatic rings. The van der Waals surface area contributed by atoms with E-state index in [1.807, 2.05) is 0 Å². The zero-order valence-corrected chi connectivity index (χ0v) is 13.7. The van der Waals surface area contributed by atoms with Gasteiger partial charge in [-0.25, -0.2) is 4.79 Å². The lowest BCUT2D eigenvalue weighted by molar-refractivity contribution is -0.523. The van der Waals surface area contributed by atoms with E-state index in [2.05, 4.69) is 5.32 Å². The summed E-state index contributed by atoms with van der Waals surface area (Å²) in [6.45, 7) is 6.11. The van der Waals surface area contributed by atoms with Crippen LogP contribution in [0.4, 0.5) is 18.0 Å². The Labute approximate surface area is 137 Å². The van der Waals surface area contributed by atoms with Gasteiger partial charge in [0.1, 0.15) is 11.6 Å². The fourth-order valence-electron chi connectivity index (χ4n) is 1.92. The lowest BCUT2D eigenvalue weighted by atomic mass is 9.99. The molecule has 1 amide bonds. The van der Waals surface area contributed by atoms with Crippen molar-refractivity contribution in [2.75, 3.05) is 0 Å². The normalized spacial score (nSPS) is 14.6. The van der Waals surface area contributed by atoms with E-state index in [9.17, 15) is 28.1 Å². The standard InChI is InChI=1S/C15H19F3N2O4/c1-9(20(22)23)12(19-13(21)24-14(2,3)4)10-5-7-11(8-6-10)15(16,17)18/h5-9,12H,1-4H3,(H,19,21)/t9-,12+/m0/s1. The van der Waals surface area contributed by atoms with Crippen LogP contribution >= 0.6 is 0 Å². The van der Waals surface area contributed by atoms with E-state index in [1.54, 1.807) is 20.8 Å². The minimum atomic E-state index is -4.51. The van der Waals surface area contributed by atoms with E-state index >= 15 is 0 Å². The molecule has 1 aromatic rings. The van der Waals surface area contributed by atoms with Gasteiger partial charge in [-0.2, -0.15) is 13.2 Å². The molecule has 0 unspecified atom stereocenters. The van der Waals surface area contributed by atoms with Gasteiger partial charge in [0.15, 0.2) is 0 Å². The molecule has 134 valence electrons. The summed E-state index contributed by atoms with van der Waals surface area (Å²) in [5.74, 6) is 0. The first-order chi connectivity index (χ1) is 10.8. The third-order valence-electron chi connectivity index (χ3n) is 3.08. The van der Waals surface area contributed by atoms with E-state index in [0.29, 0.717) is 0 Å².